The lowest BCUT2D eigenvalue weighted by atomic mass is 10.0. The van der Waals surface area contributed by atoms with Crippen LogP contribution in [0.25, 0.3) is 0 Å². The van der Waals surface area contributed by atoms with Crippen LogP contribution in [0.5, 0.6) is 17.2 Å². The molecule has 33 heavy (non-hydrogen) atoms. The van der Waals surface area contributed by atoms with Gasteiger partial charge in [0.15, 0.2) is 0 Å². The van der Waals surface area contributed by atoms with Crippen molar-refractivity contribution in [2.75, 3.05) is 6.54 Å². The molecule has 0 aliphatic rings. The maximum atomic E-state index is 12.3. The number of aliphatic hydroxyl groups excluding tert-OH is 1. The van der Waals surface area contributed by atoms with Crippen LogP contribution in [0.15, 0.2) is 66.7 Å². The van der Waals surface area contributed by atoms with E-state index < -0.39 is 6.10 Å². The number of benzene rings is 3. The van der Waals surface area contributed by atoms with E-state index >= 15 is 0 Å². The summed E-state index contributed by atoms with van der Waals surface area (Å²) in [6, 6.07) is 18.8. The Morgan fingerprint density at radius 2 is 1.61 bits per heavy atom. The van der Waals surface area contributed by atoms with Crippen LogP contribution in [-0.4, -0.2) is 38.9 Å². The normalized spacial score (nSPS) is 12.8. The van der Waals surface area contributed by atoms with Crippen LogP contribution >= 0.6 is 0 Å². The molecule has 6 N–H and O–H groups in total. The predicted octanol–water partition coefficient (Wildman–Crippen LogP) is 2.92. The fraction of sp³-hybridized carbons (Fsp3) is 0.269. The predicted molar refractivity (Wildman–Crippen MR) is 126 cm³/mol. The Labute approximate surface area is 193 Å². The van der Waals surface area contributed by atoms with Gasteiger partial charge in [0.2, 0.25) is 5.91 Å². The average molecular weight is 451 g/mol. The SMILES string of the molecule is CC(Cc1cccc(CC(=O)NCc2ccccc2O)c1)NCC(O)c1cc(O)cc(O)c1. The van der Waals surface area contributed by atoms with E-state index in [9.17, 15) is 25.2 Å². The Kier molecular flexibility index (Phi) is 8.29. The summed E-state index contributed by atoms with van der Waals surface area (Å²) in [5.41, 5.74) is 3.06. The van der Waals surface area contributed by atoms with Crippen LogP contribution in [0.2, 0.25) is 0 Å². The fourth-order valence-corrected chi connectivity index (χ4v) is 3.64. The molecule has 0 bridgehead atoms. The van der Waals surface area contributed by atoms with Crippen molar-refractivity contribution in [3.63, 3.8) is 0 Å². The zero-order valence-corrected chi connectivity index (χ0v) is 18.5. The van der Waals surface area contributed by atoms with Gasteiger partial charge in [-0.1, -0.05) is 42.5 Å². The third kappa shape index (κ3) is 7.52. The molecule has 0 spiro atoms. The number of aromatic hydroxyl groups is 3. The van der Waals surface area contributed by atoms with Crippen molar-refractivity contribution >= 4 is 5.91 Å². The second kappa shape index (κ2) is 11.4. The molecule has 0 aliphatic carbocycles. The van der Waals surface area contributed by atoms with Gasteiger partial charge in [0, 0.05) is 30.8 Å². The molecule has 0 saturated carbocycles. The fourth-order valence-electron chi connectivity index (χ4n) is 3.64. The van der Waals surface area contributed by atoms with Crippen LogP contribution in [0, 0.1) is 0 Å². The summed E-state index contributed by atoms with van der Waals surface area (Å²) >= 11 is 0. The minimum Gasteiger partial charge on any atom is -0.508 e. The topological polar surface area (TPSA) is 122 Å². The number of nitrogens with one attached hydrogen (secondary N) is 2. The average Bonchev–Trinajstić information content (AvgIpc) is 2.76. The third-order valence-corrected chi connectivity index (χ3v) is 5.33. The van der Waals surface area contributed by atoms with Gasteiger partial charge in [0.1, 0.15) is 17.2 Å². The number of phenolic OH excluding ortho intramolecular Hbond substituents is 3. The Balaban J connectivity index is 1.48. The number of hydrogen-bond donors (Lipinski definition) is 6. The highest BCUT2D eigenvalue weighted by atomic mass is 16.3. The van der Waals surface area contributed by atoms with Crippen molar-refractivity contribution in [1.29, 1.82) is 0 Å². The lowest BCUT2D eigenvalue weighted by Gasteiger charge is -2.18. The van der Waals surface area contributed by atoms with E-state index in [0.29, 0.717) is 17.5 Å². The maximum absolute atomic E-state index is 12.3. The highest BCUT2D eigenvalue weighted by Gasteiger charge is 2.13. The smallest absolute Gasteiger partial charge is 0.224 e. The lowest BCUT2D eigenvalue weighted by molar-refractivity contribution is -0.120. The van der Waals surface area contributed by atoms with Crippen LogP contribution < -0.4 is 10.6 Å². The summed E-state index contributed by atoms with van der Waals surface area (Å²) in [5.74, 6) is -0.164. The molecular formula is C26H30N2O5. The monoisotopic (exact) mass is 450 g/mol. The van der Waals surface area contributed by atoms with Gasteiger partial charge in [-0.25, -0.2) is 0 Å². The van der Waals surface area contributed by atoms with Gasteiger partial charge in [-0.05, 0) is 48.2 Å². The summed E-state index contributed by atoms with van der Waals surface area (Å²) in [6.07, 6.45) is 0.0680. The van der Waals surface area contributed by atoms with Crippen LogP contribution in [0.3, 0.4) is 0 Å². The molecule has 174 valence electrons. The molecule has 7 nitrogen and oxygen atoms in total. The molecule has 2 unspecified atom stereocenters. The van der Waals surface area contributed by atoms with Gasteiger partial charge in [0.05, 0.1) is 12.5 Å². The van der Waals surface area contributed by atoms with Crippen LogP contribution in [0.4, 0.5) is 0 Å². The first-order valence-corrected chi connectivity index (χ1v) is 10.9. The maximum Gasteiger partial charge on any atom is 0.224 e. The summed E-state index contributed by atoms with van der Waals surface area (Å²) < 4.78 is 0. The molecule has 0 aliphatic heterocycles. The first-order valence-electron chi connectivity index (χ1n) is 10.9. The summed E-state index contributed by atoms with van der Waals surface area (Å²) in [4.78, 5) is 12.3. The minimum absolute atomic E-state index is 0.0516. The second-order valence-electron chi connectivity index (χ2n) is 8.21. The molecule has 7 heteroatoms. The summed E-state index contributed by atoms with van der Waals surface area (Å²) in [7, 11) is 0. The van der Waals surface area contributed by atoms with E-state index in [1.165, 1.54) is 18.2 Å². The van der Waals surface area contributed by atoms with Gasteiger partial charge in [0.25, 0.3) is 0 Å². The van der Waals surface area contributed by atoms with Crippen LogP contribution in [-0.2, 0) is 24.2 Å². The largest absolute Gasteiger partial charge is 0.508 e. The number of aliphatic hydroxyl groups is 1. The number of para-hydroxylation sites is 1. The summed E-state index contributed by atoms with van der Waals surface area (Å²) in [5, 5.41) is 45.4. The molecule has 3 rings (SSSR count). The van der Waals surface area contributed by atoms with E-state index in [-0.39, 0.29) is 48.7 Å². The number of hydrogen-bond acceptors (Lipinski definition) is 6. The third-order valence-electron chi connectivity index (χ3n) is 5.33. The second-order valence-corrected chi connectivity index (χ2v) is 8.21. The van der Waals surface area contributed by atoms with Gasteiger partial charge in [-0.15, -0.1) is 0 Å². The Morgan fingerprint density at radius 1 is 0.909 bits per heavy atom. The van der Waals surface area contributed by atoms with Crippen molar-refractivity contribution in [2.45, 2.75) is 38.5 Å². The zero-order valence-electron chi connectivity index (χ0n) is 18.5. The van der Waals surface area contributed by atoms with E-state index in [1.807, 2.05) is 37.3 Å². The minimum atomic E-state index is -0.871. The van der Waals surface area contributed by atoms with Gasteiger partial charge >= 0.3 is 0 Å². The molecule has 0 heterocycles. The van der Waals surface area contributed by atoms with Crippen molar-refractivity contribution in [3.8, 4) is 17.2 Å². The number of phenols is 3. The Morgan fingerprint density at radius 3 is 2.33 bits per heavy atom. The first-order chi connectivity index (χ1) is 15.8. The number of amides is 1. The Bertz CT molecular complexity index is 1070. The standard InChI is InChI=1S/C26H30N2O5/c1-17(27-16-25(32)21-12-22(29)14-23(30)13-21)9-18-5-4-6-19(10-18)11-26(33)28-15-20-7-2-3-8-24(20)31/h2-8,10,12-14,17,25,27,29-32H,9,11,15-16H2,1H3,(H,28,33). The number of carbonyl (C=O) groups is 1. The van der Waals surface area contributed by atoms with Gasteiger partial charge in [-0.2, -0.15) is 0 Å². The molecule has 1 amide bonds. The molecular weight excluding hydrogens is 420 g/mol. The van der Waals surface area contributed by atoms with Gasteiger partial charge < -0.3 is 31.1 Å². The van der Waals surface area contributed by atoms with Gasteiger partial charge in [-0.3, -0.25) is 4.79 Å². The molecule has 0 radical (unpaired) electrons. The van der Waals surface area contributed by atoms with E-state index in [1.54, 1.807) is 18.2 Å². The molecule has 2 atom stereocenters. The molecule has 3 aromatic carbocycles. The van der Waals surface area contributed by atoms with Crippen LogP contribution in [0.1, 0.15) is 35.3 Å². The van der Waals surface area contributed by atoms with Crippen molar-refractivity contribution in [2.24, 2.45) is 0 Å². The lowest BCUT2D eigenvalue weighted by Crippen LogP contribution is -2.32. The van der Waals surface area contributed by atoms with E-state index in [4.69, 9.17) is 0 Å². The summed E-state index contributed by atoms with van der Waals surface area (Å²) in [6.45, 7) is 2.53. The van der Waals surface area contributed by atoms with Crippen molar-refractivity contribution in [1.82, 2.24) is 10.6 Å². The molecule has 0 saturated heterocycles. The van der Waals surface area contributed by atoms with Crippen molar-refractivity contribution in [3.05, 3.63) is 89.0 Å². The highest BCUT2D eigenvalue weighted by Crippen LogP contribution is 2.24. The zero-order chi connectivity index (χ0) is 23.8. The molecule has 0 fully saturated rings. The van der Waals surface area contributed by atoms with E-state index in [0.717, 1.165) is 11.1 Å². The Hall–Kier alpha value is -3.55. The quantitative estimate of drug-likeness (QED) is 0.282. The molecule has 0 aromatic heterocycles. The number of rotatable bonds is 10. The first kappa shape index (κ1) is 24.1. The van der Waals surface area contributed by atoms with E-state index in [2.05, 4.69) is 10.6 Å². The van der Waals surface area contributed by atoms with Crippen molar-refractivity contribution < 1.29 is 25.2 Å². The highest BCUT2D eigenvalue weighted by molar-refractivity contribution is 5.78. The molecule has 3 aromatic rings. The number of carbonyl (C=O) groups excluding carboxylic acids is 1.